The number of anilines is 1. The van der Waals surface area contributed by atoms with Crippen molar-refractivity contribution in [2.24, 2.45) is 5.10 Å². The van der Waals surface area contributed by atoms with Gasteiger partial charge in [0.2, 0.25) is 10.0 Å². The van der Waals surface area contributed by atoms with Gasteiger partial charge in [-0.15, -0.1) is 0 Å². The molecule has 0 saturated heterocycles. The molecule has 1 N–H and O–H groups in total. The first-order valence-corrected chi connectivity index (χ1v) is 12.2. The molecule has 0 aliphatic carbocycles. The average molecular weight is 490 g/mol. The molecule has 166 valence electrons. The van der Waals surface area contributed by atoms with Crippen LogP contribution in [-0.2, 0) is 16.6 Å². The fourth-order valence-electron chi connectivity index (χ4n) is 2.88. The number of halogens is 2. The maximum Gasteiger partial charge on any atom is 0.271 e. The topological polar surface area (TPSA) is 78.8 Å². The van der Waals surface area contributed by atoms with Gasteiger partial charge >= 0.3 is 0 Å². The summed E-state index contributed by atoms with van der Waals surface area (Å²) in [6.45, 7) is 2.03. The van der Waals surface area contributed by atoms with Crippen LogP contribution in [0, 0.1) is 6.92 Å². The highest BCUT2D eigenvalue weighted by atomic mass is 35.5. The standard InChI is InChI=1S/C23H21Cl2N3O3S/c1-16-6-8-17(9-7-16)14-26-27-23(29)19-12-10-18(11-13-19)15-28(32(2,30)31)21-5-3-4-20(24)22(21)25/h3-14H,15H2,1-2H3,(H,27,29)/b26-14-. The maximum atomic E-state index is 12.4. The monoisotopic (exact) mass is 489 g/mol. The van der Waals surface area contributed by atoms with E-state index in [0.717, 1.165) is 17.4 Å². The predicted octanol–water partition coefficient (Wildman–Crippen LogP) is 5.03. The van der Waals surface area contributed by atoms with E-state index in [1.807, 2.05) is 31.2 Å². The van der Waals surface area contributed by atoms with Gasteiger partial charge in [-0.05, 0) is 42.3 Å². The van der Waals surface area contributed by atoms with E-state index in [4.69, 9.17) is 23.2 Å². The number of nitrogens with one attached hydrogen (secondary N) is 1. The Morgan fingerprint density at radius 3 is 2.31 bits per heavy atom. The van der Waals surface area contributed by atoms with Crippen molar-refractivity contribution < 1.29 is 13.2 Å². The quantitative estimate of drug-likeness (QED) is 0.373. The lowest BCUT2D eigenvalue weighted by Crippen LogP contribution is -2.29. The minimum Gasteiger partial charge on any atom is -0.267 e. The molecule has 0 unspecified atom stereocenters. The summed E-state index contributed by atoms with van der Waals surface area (Å²) in [5.74, 6) is -0.377. The molecule has 0 atom stereocenters. The molecule has 1 amide bonds. The van der Waals surface area contributed by atoms with Crippen molar-refractivity contribution in [3.8, 4) is 0 Å². The van der Waals surface area contributed by atoms with Crippen LogP contribution in [0.1, 0.15) is 27.0 Å². The molecule has 0 fully saturated rings. The smallest absolute Gasteiger partial charge is 0.267 e. The molecule has 3 aromatic rings. The molecule has 0 aliphatic rings. The molecule has 3 aromatic carbocycles. The Labute approximate surface area is 197 Å². The summed E-state index contributed by atoms with van der Waals surface area (Å²) in [6, 6.07) is 19.1. The summed E-state index contributed by atoms with van der Waals surface area (Å²) < 4.78 is 25.9. The summed E-state index contributed by atoms with van der Waals surface area (Å²) in [5, 5.41) is 4.38. The van der Waals surface area contributed by atoms with E-state index in [0.29, 0.717) is 11.1 Å². The van der Waals surface area contributed by atoms with Crippen LogP contribution in [0.5, 0.6) is 0 Å². The van der Waals surface area contributed by atoms with E-state index in [1.165, 1.54) is 4.31 Å². The van der Waals surface area contributed by atoms with E-state index < -0.39 is 10.0 Å². The summed E-state index contributed by atoms with van der Waals surface area (Å²) in [6.07, 6.45) is 2.66. The molecule has 32 heavy (non-hydrogen) atoms. The van der Waals surface area contributed by atoms with E-state index in [1.54, 1.807) is 48.7 Å². The van der Waals surface area contributed by atoms with E-state index in [9.17, 15) is 13.2 Å². The second kappa shape index (κ2) is 10.2. The zero-order valence-electron chi connectivity index (χ0n) is 17.4. The summed E-state index contributed by atoms with van der Waals surface area (Å²) in [5.41, 5.74) is 5.83. The lowest BCUT2D eigenvalue weighted by Gasteiger charge is -2.24. The fraction of sp³-hybridized carbons (Fsp3) is 0.130. The molecule has 6 nitrogen and oxygen atoms in total. The van der Waals surface area contributed by atoms with Crippen LogP contribution < -0.4 is 9.73 Å². The Balaban J connectivity index is 1.71. The van der Waals surface area contributed by atoms with Gasteiger partial charge in [0.15, 0.2) is 0 Å². The van der Waals surface area contributed by atoms with Gasteiger partial charge in [0.1, 0.15) is 0 Å². The Morgan fingerprint density at radius 1 is 1.03 bits per heavy atom. The first-order chi connectivity index (χ1) is 15.1. The Morgan fingerprint density at radius 2 is 1.69 bits per heavy atom. The first kappa shape index (κ1) is 23.8. The van der Waals surface area contributed by atoms with Crippen molar-refractivity contribution in [3.05, 3.63) is 99.0 Å². The van der Waals surface area contributed by atoms with Crippen molar-refractivity contribution in [1.82, 2.24) is 5.43 Å². The highest BCUT2D eigenvalue weighted by Crippen LogP contribution is 2.34. The molecule has 0 heterocycles. The highest BCUT2D eigenvalue weighted by molar-refractivity contribution is 7.92. The van der Waals surface area contributed by atoms with Crippen LogP contribution in [0.4, 0.5) is 5.69 Å². The Bertz CT molecular complexity index is 1240. The number of hydrazone groups is 1. The minimum absolute atomic E-state index is 0.0341. The summed E-state index contributed by atoms with van der Waals surface area (Å²) >= 11 is 12.3. The Hall–Kier alpha value is -2.87. The third-order valence-electron chi connectivity index (χ3n) is 4.60. The molecule has 3 rings (SSSR count). The third kappa shape index (κ3) is 6.09. The molecular formula is C23H21Cl2N3O3S. The third-order valence-corrected chi connectivity index (χ3v) is 6.53. The molecule has 0 bridgehead atoms. The number of sulfonamides is 1. The zero-order valence-corrected chi connectivity index (χ0v) is 19.7. The van der Waals surface area contributed by atoms with Crippen LogP contribution in [0.25, 0.3) is 0 Å². The number of hydrogen-bond donors (Lipinski definition) is 1. The SMILES string of the molecule is Cc1ccc(/C=N\NC(=O)c2ccc(CN(c3cccc(Cl)c3Cl)S(C)(=O)=O)cc2)cc1. The van der Waals surface area contributed by atoms with Gasteiger partial charge < -0.3 is 0 Å². The second-order valence-corrected chi connectivity index (χ2v) is 9.84. The van der Waals surface area contributed by atoms with Crippen molar-refractivity contribution in [2.75, 3.05) is 10.6 Å². The van der Waals surface area contributed by atoms with Crippen molar-refractivity contribution in [2.45, 2.75) is 13.5 Å². The fourth-order valence-corrected chi connectivity index (χ4v) is 4.22. The second-order valence-electron chi connectivity index (χ2n) is 7.15. The van der Waals surface area contributed by atoms with E-state index >= 15 is 0 Å². The van der Waals surface area contributed by atoms with Gasteiger partial charge in [-0.2, -0.15) is 5.10 Å². The zero-order chi connectivity index (χ0) is 23.3. The van der Waals surface area contributed by atoms with Crippen LogP contribution in [-0.4, -0.2) is 26.8 Å². The number of hydrogen-bond acceptors (Lipinski definition) is 4. The molecule has 0 radical (unpaired) electrons. The maximum absolute atomic E-state index is 12.4. The number of aryl methyl sites for hydroxylation is 1. The largest absolute Gasteiger partial charge is 0.271 e. The van der Waals surface area contributed by atoms with Crippen LogP contribution in [0.3, 0.4) is 0 Å². The molecule has 0 saturated carbocycles. The van der Waals surface area contributed by atoms with Crippen LogP contribution >= 0.6 is 23.2 Å². The minimum atomic E-state index is -3.63. The summed E-state index contributed by atoms with van der Waals surface area (Å²) in [4.78, 5) is 12.3. The van der Waals surface area contributed by atoms with Gasteiger partial charge in [-0.25, -0.2) is 13.8 Å². The molecule has 0 aromatic heterocycles. The predicted molar refractivity (Wildman–Crippen MR) is 130 cm³/mol. The number of benzene rings is 3. The number of amides is 1. The average Bonchev–Trinajstić information content (AvgIpc) is 2.75. The van der Waals surface area contributed by atoms with Gasteiger partial charge in [0.25, 0.3) is 5.91 Å². The molecule has 9 heteroatoms. The van der Waals surface area contributed by atoms with Gasteiger partial charge in [0.05, 0.1) is 34.7 Å². The normalized spacial score (nSPS) is 11.5. The highest BCUT2D eigenvalue weighted by Gasteiger charge is 2.21. The van der Waals surface area contributed by atoms with Crippen LogP contribution in [0.2, 0.25) is 10.0 Å². The number of nitrogens with zero attached hydrogens (tertiary/aromatic N) is 2. The van der Waals surface area contributed by atoms with Crippen LogP contribution in [0.15, 0.2) is 71.8 Å². The van der Waals surface area contributed by atoms with E-state index in [2.05, 4.69) is 10.5 Å². The van der Waals surface area contributed by atoms with E-state index in [-0.39, 0.29) is 28.2 Å². The number of rotatable bonds is 7. The van der Waals surface area contributed by atoms with Gasteiger partial charge in [-0.3, -0.25) is 9.10 Å². The lowest BCUT2D eigenvalue weighted by atomic mass is 10.1. The van der Waals surface area contributed by atoms with Gasteiger partial charge in [0, 0.05) is 5.56 Å². The molecular weight excluding hydrogens is 469 g/mol. The van der Waals surface area contributed by atoms with Crippen molar-refractivity contribution in [1.29, 1.82) is 0 Å². The first-order valence-electron chi connectivity index (χ1n) is 9.56. The molecule has 0 spiro atoms. The Kier molecular flexibility index (Phi) is 7.56. The summed E-state index contributed by atoms with van der Waals surface area (Å²) in [7, 11) is -3.63. The van der Waals surface area contributed by atoms with Gasteiger partial charge in [-0.1, -0.05) is 71.2 Å². The van der Waals surface area contributed by atoms with Crippen molar-refractivity contribution in [3.63, 3.8) is 0 Å². The van der Waals surface area contributed by atoms with Crippen molar-refractivity contribution >= 4 is 51.0 Å². The number of carbonyl (C=O) groups is 1. The number of carbonyl (C=O) groups excluding carboxylic acids is 1. The lowest BCUT2D eigenvalue weighted by molar-refractivity contribution is 0.0955. The molecule has 0 aliphatic heterocycles.